The molecule has 0 spiro atoms. The molecular formula is C17H31N2P. The molecule has 1 aromatic carbocycles. The van der Waals surface area contributed by atoms with Gasteiger partial charge in [0.2, 0.25) is 0 Å². The highest BCUT2D eigenvalue weighted by Gasteiger charge is 2.26. The van der Waals surface area contributed by atoms with Gasteiger partial charge in [0.1, 0.15) is 0 Å². The average Bonchev–Trinajstić information content (AvgIpc) is 2.26. The number of nitrogens with one attached hydrogen (secondary N) is 1. The Morgan fingerprint density at radius 2 is 1.45 bits per heavy atom. The van der Waals surface area contributed by atoms with Crippen LogP contribution in [0.15, 0.2) is 12.1 Å². The van der Waals surface area contributed by atoms with E-state index in [2.05, 4.69) is 77.3 Å². The van der Waals surface area contributed by atoms with Gasteiger partial charge in [-0.1, -0.05) is 31.5 Å². The Hall–Kier alpha value is -0.430. The summed E-state index contributed by atoms with van der Waals surface area (Å²) in [5.41, 5.74) is 4.31. The Labute approximate surface area is 126 Å². The van der Waals surface area contributed by atoms with Crippen LogP contribution >= 0.6 is 8.22 Å². The fourth-order valence-electron chi connectivity index (χ4n) is 2.60. The normalized spacial score (nSPS) is 13.8. The van der Waals surface area contributed by atoms with Crippen LogP contribution in [0.25, 0.3) is 0 Å². The zero-order chi connectivity index (χ0) is 15.5. The molecular weight excluding hydrogens is 263 g/mol. The van der Waals surface area contributed by atoms with E-state index in [-0.39, 0.29) is 5.54 Å². The zero-order valence-electron chi connectivity index (χ0n) is 14.5. The maximum absolute atomic E-state index is 3.87. The fraction of sp³-hybridized carbons (Fsp3) is 0.647. The van der Waals surface area contributed by atoms with Gasteiger partial charge in [-0.05, 0) is 52.7 Å². The minimum Gasteiger partial charge on any atom is -0.275 e. The summed E-state index contributed by atoms with van der Waals surface area (Å²) in [6.45, 7) is 20.1. The highest BCUT2D eigenvalue weighted by Crippen LogP contribution is 2.39. The van der Waals surface area contributed by atoms with Crippen molar-refractivity contribution in [1.82, 2.24) is 9.76 Å². The van der Waals surface area contributed by atoms with Crippen LogP contribution in [0.1, 0.15) is 51.3 Å². The van der Waals surface area contributed by atoms with Gasteiger partial charge >= 0.3 is 0 Å². The first-order valence-electron chi connectivity index (χ1n) is 7.60. The van der Waals surface area contributed by atoms with E-state index in [1.165, 1.54) is 22.0 Å². The molecule has 1 N–H and O–H groups in total. The molecule has 1 atom stereocenters. The monoisotopic (exact) mass is 294 g/mol. The van der Waals surface area contributed by atoms with Gasteiger partial charge in [0.05, 0.1) is 8.22 Å². The molecule has 114 valence electrons. The zero-order valence-corrected chi connectivity index (χ0v) is 15.4. The molecule has 1 aromatic rings. The molecule has 0 amide bonds. The molecule has 0 bridgehead atoms. The molecule has 1 unspecified atom stereocenters. The van der Waals surface area contributed by atoms with Crippen molar-refractivity contribution in [3.8, 4) is 0 Å². The number of hydrogen-bond donors (Lipinski definition) is 1. The second-order valence-electron chi connectivity index (χ2n) is 6.56. The van der Waals surface area contributed by atoms with E-state index in [0.29, 0.717) is 0 Å². The maximum atomic E-state index is 3.87. The Morgan fingerprint density at radius 1 is 1.00 bits per heavy atom. The van der Waals surface area contributed by atoms with Gasteiger partial charge < -0.3 is 0 Å². The number of rotatable bonds is 5. The van der Waals surface area contributed by atoms with Crippen molar-refractivity contribution in [2.75, 3.05) is 13.1 Å². The summed E-state index contributed by atoms with van der Waals surface area (Å²) in [4.78, 5) is 0. The van der Waals surface area contributed by atoms with Gasteiger partial charge in [-0.25, -0.2) is 0 Å². The summed E-state index contributed by atoms with van der Waals surface area (Å²) in [6, 6.07) is 4.62. The third-order valence-corrected chi connectivity index (χ3v) is 6.44. The molecule has 1 rings (SSSR count). The Morgan fingerprint density at radius 3 is 1.80 bits per heavy atom. The molecule has 2 nitrogen and oxygen atoms in total. The Balaban J connectivity index is 3.30. The SMILES string of the molecule is CCN(CC)P(NC(C)(C)C)c1c(C)cc(C)cc1C. The van der Waals surface area contributed by atoms with Crippen LogP contribution in [0.4, 0.5) is 0 Å². The number of benzene rings is 1. The summed E-state index contributed by atoms with van der Waals surface area (Å²) in [7, 11) is -0.478. The van der Waals surface area contributed by atoms with E-state index < -0.39 is 8.22 Å². The van der Waals surface area contributed by atoms with Crippen molar-refractivity contribution < 1.29 is 0 Å². The molecule has 0 aliphatic heterocycles. The van der Waals surface area contributed by atoms with E-state index in [0.717, 1.165) is 13.1 Å². The first kappa shape index (κ1) is 17.6. The molecule has 0 aromatic heterocycles. The standard InChI is InChI=1S/C17H31N2P/c1-9-19(10-2)20(18-17(6,7)8)16-14(4)11-13(3)12-15(16)5/h11-12,18H,9-10H2,1-8H3. The lowest BCUT2D eigenvalue weighted by molar-refractivity contribution is 0.468. The smallest absolute Gasteiger partial charge is 0.0706 e. The molecule has 20 heavy (non-hydrogen) atoms. The minimum absolute atomic E-state index is 0.123. The first-order chi connectivity index (χ1) is 9.19. The van der Waals surface area contributed by atoms with Crippen LogP contribution in [-0.2, 0) is 0 Å². The van der Waals surface area contributed by atoms with Crippen LogP contribution in [0.2, 0.25) is 0 Å². The quantitative estimate of drug-likeness (QED) is 0.815. The first-order valence-corrected chi connectivity index (χ1v) is 8.89. The minimum atomic E-state index is -0.478. The molecule has 0 heterocycles. The molecule has 0 saturated carbocycles. The largest absolute Gasteiger partial charge is 0.275 e. The molecule has 0 radical (unpaired) electrons. The number of nitrogens with zero attached hydrogens (tertiary/aromatic N) is 1. The number of hydrogen-bond acceptors (Lipinski definition) is 2. The third kappa shape index (κ3) is 4.55. The van der Waals surface area contributed by atoms with Crippen LogP contribution < -0.4 is 10.4 Å². The van der Waals surface area contributed by atoms with E-state index >= 15 is 0 Å². The molecule has 0 aliphatic rings. The summed E-state index contributed by atoms with van der Waals surface area (Å²) >= 11 is 0. The Kier molecular flexibility index (Phi) is 6.19. The van der Waals surface area contributed by atoms with Crippen molar-refractivity contribution in [1.29, 1.82) is 0 Å². The summed E-state index contributed by atoms with van der Waals surface area (Å²) < 4.78 is 2.56. The third-order valence-electron chi connectivity index (χ3n) is 3.30. The van der Waals surface area contributed by atoms with E-state index in [4.69, 9.17) is 0 Å². The van der Waals surface area contributed by atoms with E-state index in [1.807, 2.05) is 0 Å². The van der Waals surface area contributed by atoms with Crippen LogP contribution in [0.5, 0.6) is 0 Å². The van der Waals surface area contributed by atoms with Gasteiger partial charge in [0.15, 0.2) is 0 Å². The Bertz CT molecular complexity index is 422. The van der Waals surface area contributed by atoms with Gasteiger partial charge in [-0.3, -0.25) is 9.76 Å². The van der Waals surface area contributed by atoms with Crippen molar-refractivity contribution in [2.24, 2.45) is 0 Å². The second kappa shape index (κ2) is 7.02. The fourth-order valence-corrected chi connectivity index (χ4v) is 5.13. The lowest BCUT2D eigenvalue weighted by atomic mass is 10.1. The highest BCUT2D eigenvalue weighted by atomic mass is 31.1. The molecule has 0 fully saturated rings. The molecule has 0 saturated heterocycles. The van der Waals surface area contributed by atoms with Crippen LogP contribution in [-0.4, -0.2) is 23.3 Å². The predicted octanol–water partition coefficient (Wildman–Crippen LogP) is 4.28. The number of aryl methyl sites for hydroxylation is 3. The topological polar surface area (TPSA) is 15.3 Å². The van der Waals surface area contributed by atoms with Gasteiger partial charge in [-0.15, -0.1) is 0 Å². The lowest BCUT2D eigenvalue weighted by Crippen LogP contribution is -2.41. The van der Waals surface area contributed by atoms with E-state index in [9.17, 15) is 0 Å². The summed E-state index contributed by atoms with van der Waals surface area (Å²) in [5, 5.41) is 5.37. The van der Waals surface area contributed by atoms with Gasteiger partial charge in [0, 0.05) is 23.9 Å². The van der Waals surface area contributed by atoms with E-state index in [1.54, 1.807) is 0 Å². The van der Waals surface area contributed by atoms with Crippen molar-refractivity contribution >= 4 is 13.5 Å². The summed E-state index contributed by atoms with van der Waals surface area (Å²) in [5.74, 6) is 0. The lowest BCUT2D eigenvalue weighted by Gasteiger charge is -2.37. The highest BCUT2D eigenvalue weighted by molar-refractivity contribution is 7.61. The predicted molar refractivity (Wildman–Crippen MR) is 93.0 cm³/mol. The van der Waals surface area contributed by atoms with Crippen molar-refractivity contribution in [3.05, 3.63) is 28.8 Å². The van der Waals surface area contributed by atoms with Crippen LogP contribution in [0, 0.1) is 20.8 Å². The summed E-state index contributed by atoms with van der Waals surface area (Å²) in [6.07, 6.45) is 0. The van der Waals surface area contributed by atoms with Crippen LogP contribution in [0.3, 0.4) is 0 Å². The maximum Gasteiger partial charge on any atom is 0.0706 e. The van der Waals surface area contributed by atoms with Crippen molar-refractivity contribution in [2.45, 2.75) is 60.9 Å². The van der Waals surface area contributed by atoms with Crippen molar-refractivity contribution in [3.63, 3.8) is 0 Å². The second-order valence-corrected chi connectivity index (χ2v) is 8.42. The molecule has 0 aliphatic carbocycles. The average molecular weight is 294 g/mol. The van der Waals surface area contributed by atoms with Gasteiger partial charge in [-0.2, -0.15) is 0 Å². The molecule has 3 heteroatoms. The van der Waals surface area contributed by atoms with Gasteiger partial charge in [0.25, 0.3) is 0 Å².